The Hall–Kier alpha value is -1.20. The Bertz CT molecular complexity index is 261. The molecular formula is C6H7F3N2O. The Morgan fingerprint density at radius 3 is 2.83 bits per heavy atom. The summed E-state index contributed by atoms with van der Waals surface area (Å²) in [5.41, 5.74) is 0. The van der Waals surface area contributed by atoms with Crippen molar-refractivity contribution in [2.24, 2.45) is 0 Å². The molecule has 0 atom stereocenters. The van der Waals surface area contributed by atoms with Crippen molar-refractivity contribution < 1.29 is 17.9 Å². The van der Waals surface area contributed by atoms with Crippen LogP contribution in [0.1, 0.15) is 6.92 Å². The van der Waals surface area contributed by atoms with Crippen molar-refractivity contribution in [2.75, 3.05) is 0 Å². The molecule has 0 aliphatic heterocycles. The quantitative estimate of drug-likeness (QED) is 0.707. The molecule has 12 heavy (non-hydrogen) atoms. The number of halogens is 3. The van der Waals surface area contributed by atoms with Crippen LogP contribution >= 0.6 is 0 Å². The predicted octanol–water partition coefficient (Wildman–Crippen LogP) is 1.64. The Labute approximate surface area is 66.7 Å². The van der Waals surface area contributed by atoms with Gasteiger partial charge in [-0.05, 0) is 6.92 Å². The van der Waals surface area contributed by atoms with Crippen LogP contribution in [0.5, 0.6) is 5.88 Å². The highest BCUT2D eigenvalue weighted by molar-refractivity contribution is 5.10. The Balaban J connectivity index is 2.86. The van der Waals surface area contributed by atoms with E-state index in [1.54, 1.807) is 6.92 Å². The van der Waals surface area contributed by atoms with Gasteiger partial charge < -0.3 is 4.74 Å². The summed E-state index contributed by atoms with van der Waals surface area (Å²) in [5.74, 6) is -1.40. The number of rotatable bonds is 3. The SMILES string of the molecule is CCn1ncc(F)c1OC(F)F. The van der Waals surface area contributed by atoms with Gasteiger partial charge in [-0.15, -0.1) is 0 Å². The third kappa shape index (κ3) is 1.69. The molecule has 1 aromatic rings. The minimum Gasteiger partial charge on any atom is -0.414 e. The maximum atomic E-state index is 12.6. The highest BCUT2D eigenvalue weighted by Crippen LogP contribution is 2.17. The van der Waals surface area contributed by atoms with Crippen molar-refractivity contribution in [1.29, 1.82) is 0 Å². The summed E-state index contributed by atoms with van der Waals surface area (Å²) in [7, 11) is 0. The highest BCUT2D eigenvalue weighted by atomic mass is 19.3. The fraction of sp³-hybridized carbons (Fsp3) is 0.500. The largest absolute Gasteiger partial charge is 0.414 e. The van der Waals surface area contributed by atoms with E-state index in [-0.39, 0.29) is 6.54 Å². The molecule has 0 saturated carbocycles. The van der Waals surface area contributed by atoms with Crippen LogP contribution in [0, 0.1) is 5.82 Å². The van der Waals surface area contributed by atoms with Gasteiger partial charge in [0.25, 0.3) is 5.88 Å². The van der Waals surface area contributed by atoms with Gasteiger partial charge in [-0.2, -0.15) is 18.3 Å². The molecule has 0 bridgehead atoms. The van der Waals surface area contributed by atoms with Crippen molar-refractivity contribution in [2.45, 2.75) is 20.1 Å². The minimum absolute atomic E-state index is 0.284. The van der Waals surface area contributed by atoms with E-state index >= 15 is 0 Å². The summed E-state index contributed by atoms with van der Waals surface area (Å²) in [4.78, 5) is 0. The number of aromatic nitrogens is 2. The first-order valence-corrected chi connectivity index (χ1v) is 3.31. The molecular weight excluding hydrogens is 173 g/mol. The summed E-state index contributed by atoms with van der Waals surface area (Å²) in [5, 5.41) is 3.47. The molecule has 0 unspecified atom stereocenters. The van der Waals surface area contributed by atoms with Crippen molar-refractivity contribution in [3.63, 3.8) is 0 Å². The average molecular weight is 180 g/mol. The monoisotopic (exact) mass is 180 g/mol. The van der Waals surface area contributed by atoms with Gasteiger partial charge in [0.2, 0.25) is 5.82 Å². The first-order valence-electron chi connectivity index (χ1n) is 3.31. The van der Waals surface area contributed by atoms with Crippen LogP contribution in [-0.2, 0) is 6.54 Å². The van der Waals surface area contributed by atoms with Crippen molar-refractivity contribution in [3.05, 3.63) is 12.0 Å². The number of alkyl halides is 2. The fourth-order valence-corrected chi connectivity index (χ4v) is 0.778. The minimum atomic E-state index is -3.03. The van der Waals surface area contributed by atoms with Crippen LogP contribution in [-0.4, -0.2) is 16.4 Å². The zero-order valence-electron chi connectivity index (χ0n) is 6.30. The van der Waals surface area contributed by atoms with E-state index in [2.05, 4.69) is 9.84 Å². The van der Waals surface area contributed by atoms with Gasteiger partial charge in [0.05, 0.1) is 6.20 Å². The molecule has 0 aliphatic rings. The van der Waals surface area contributed by atoms with E-state index in [9.17, 15) is 13.2 Å². The number of hydrogen-bond acceptors (Lipinski definition) is 2. The summed E-state index contributed by atoms with van der Waals surface area (Å²) in [6.45, 7) is -1.10. The number of hydrogen-bond donors (Lipinski definition) is 0. The van der Waals surface area contributed by atoms with E-state index in [1.165, 1.54) is 0 Å². The third-order valence-electron chi connectivity index (χ3n) is 1.25. The van der Waals surface area contributed by atoms with Crippen LogP contribution in [0.2, 0.25) is 0 Å². The summed E-state index contributed by atoms with van der Waals surface area (Å²) in [6.07, 6.45) is 0.835. The predicted molar refractivity (Wildman–Crippen MR) is 34.5 cm³/mol. The van der Waals surface area contributed by atoms with Crippen LogP contribution in [0.25, 0.3) is 0 Å². The molecule has 0 spiro atoms. The molecule has 0 N–H and O–H groups in total. The zero-order chi connectivity index (χ0) is 9.14. The molecule has 1 rings (SSSR count). The topological polar surface area (TPSA) is 27.1 Å². The van der Waals surface area contributed by atoms with Crippen LogP contribution in [0.3, 0.4) is 0 Å². The van der Waals surface area contributed by atoms with E-state index in [1.807, 2.05) is 0 Å². The molecule has 0 amide bonds. The second kappa shape index (κ2) is 3.46. The zero-order valence-corrected chi connectivity index (χ0v) is 6.30. The number of ether oxygens (including phenoxy) is 1. The van der Waals surface area contributed by atoms with Crippen LogP contribution < -0.4 is 4.74 Å². The molecule has 3 nitrogen and oxygen atoms in total. The molecule has 0 saturated heterocycles. The number of aryl methyl sites for hydroxylation is 1. The second-order valence-electron chi connectivity index (χ2n) is 1.99. The number of nitrogens with zero attached hydrogens (tertiary/aromatic N) is 2. The van der Waals surface area contributed by atoms with Gasteiger partial charge in [0.1, 0.15) is 0 Å². The average Bonchev–Trinajstić information content (AvgIpc) is 2.32. The van der Waals surface area contributed by atoms with Gasteiger partial charge in [-0.3, -0.25) is 0 Å². The fourth-order valence-electron chi connectivity index (χ4n) is 0.778. The lowest BCUT2D eigenvalue weighted by molar-refractivity contribution is -0.0581. The molecule has 68 valence electrons. The Kier molecular flexibility index (Phi) is 2.57. The maximum absolute atomic E-state index is 12.6. The first-order chi connectivity index (χ1) is 5.65. The smallest absolute Gasteiger partial charge is 0.388 e. The Morgan fingerprint density at radius 2 is 2.33 bits per heavy atom. The first kappa shape index (κ1) is 8.89. The molecule has 6 heteroatoms. The normalized spacial score (nSPS) is 10.8. The second-order valence-corrected chi connectivity index (χ2v) is 1.99. The third-order valence-corrected chi connectivity index (χ3v) is 1.25. The molecule has 0 fully saturated rings. The van der Waals surface area contributed by atoms with Crippen molar-refractivity contribution >= 4 is 0 Å². The maximum Gasteiger partial charge on any atom is 0.388 e. The summed E-state index contributed by atoms with van der Waals surface area (Å²) >= 11 is 0. The van der Waals surface area contributed by atoms with Crippen molar-refractivity contribution in [3.8, 4) is 5.88 Å². The molecule has 1 heterocycles. The lowest BCUT2D eigenvalue weighted by Crippen LogP contribution is -2.08. The van der Waals surface area contributed by atoms with Gasteiger partial charge in [0, 0.05) is 6.54 Å². The lowest BCUT2D eigenvalue weighted by Gasteiger charge is -2.05. The van der Waals surface area contributed by atoms with Crippen molar-refractivity contribution in [1.82, 2.24) is 9.78 Å². The van der Waals surface area contributed by atoms with E-state index < -0.39 is 18.3 Å². The lowest BCUT2D eigenvalue weighted by atomic mass is 10.6. The highest BCUT2D eigenvalue weighted by Gasteiger charge is 2.15. The van der Waals surface area contributed by atoms with Gasteiger partial charge in [0.15, 0.2) is 0 Å². The molecule has 1 aromatic heterocycles. The standard InChI is InChI=1S/C6H7F3N2O/c1-2-11-5(12-6(8)9)4(7)3-10-11/h3,6H,2H2,1H3. The molecule has 0 aromatic carbocycles. The van der Waals surface area contributed by atoms with Crippen LogP contribution in [0.4, 0.5) is 13.2 Å². The summed E-state index contributed by atoms with van der Waals surface area (Å²) in [6, 6.07) is 0. The van der Waals surface area contributed by atoms with E-state index in [4.69, 9.17) is 0 Å². The summed E-state index contributed by atoms with van der Waals surface area (Å²) < 4.78 is 40.9. The van der Waals surface area contributed by atoms with Gasteiger partial charge in [-0.25, -0.2) is 4.68 Å². The molecule has 0 aliphatic carbocycles. The molecule has 0 radical (unpaired) electrons. The van der Waals surface area contributed by atoms with E-state index in [0.717, 1.165) is 10.9 Å². The Morgan fingerprint density at radius 1 is 1.67 bits per heavy atom. The van der Waals surface area contributed by atoms with Gasteiger partial charge in [-0.1, -0.05) is 0 Å². The van der Waals surface area contributed by atoms with E-state index in [0.29, 0.717) is 0 Å². The van der Waals surface area contributed by atoms with Gasteiger partial charge >= 0.3 is 6.61 Å². The van der Waals surface area contributed by atoms with Crippen LogP contribution in [0.15, 0.2) is 6.20 Å².